The molecule has 194 valence electrons. The maximum absolute atomic E-state index is 13.7. The highest BCUT2D eigenvalue weighted by atomic mass is 35.5. The molecule has 2 aromatic carbocycles. The van der Waals surface area contributed by atoms with E-state index in [2.05, 4.69) is 45.0 Å². The molecular formula is C31H31ClN4O2. The van der Waals surface area contributed by atoms with Crippen LogP contribution in [0.4, 0.5) is 0 Å². The molecular weight excluding hydrogens is 496 g/mol. The minimum atomic E-state index is -0.194. The van der Waals surface area contributed by atoms with Crippen molar-refractivity contribution >= 4 is 17.2 Å². The average Bonchev–Trinajstić information content (AvgIpc) is 3.24. The number of fused-ring (bicyclic) bond motifs is 1. The van der Waals surface area contributed by atoms with E-state index in [1.165, 1.54) is 9.96 Å². The predicted molar refractivity (Wildman–Crippen MR) is 153 cm³/mol. The number of aryl methyl sites for hydroxylation is 3. The lowest BCUT2D eigenvalue weighted by atomic mass is 9.87. The van der Waals surface area contributed by atoms with Gasteiger partial charge in [-0.15, -0.1) is 0 Å². The molecule has 0 aliphatic rings. The van der Waals surface area contributed by atoms with Crippen molar-refractivity contribution < 1.29 is 4.74 Å². The predicted octanol–water partition coefficient (Wildman–Crippen LogP) is 7.00. The standard InChI is InChI=1S/C31H31ClN4O2/c1-19-9-14-24(32)17-26(19)36-20(2)16-25(34-36)28-21(3)33-29-27(8-7-15-35(29)30(28)37)38-18-22-10-12-23(13-11-22)31(4,5)6/h7-17H,18H2,1-6H3. The van der Waals surface area contributed by atoms with Crippen molar-refractivity contribution in [1.82, 2.24) is 19.2 Å². The Balaban J connectivity index is 1.50. The van der Waals surface area contributed by atoms with Gasteiger partial charge in [-0.25, -0.2) is 9.67 Å². The SMILES string of the molecule is Cc1ccc(Cl)cc1-n1nc(-c2c(C)nc3c(OCc4ccc(C(C)(C)C)cc4)cccn3c2=O)cc1C. The summed E-state index contributed by atoms with van der Waals surface area (Å²) in [4.78, 5) is 18.5. The quantitative estimate of drug-likeness (QED) is 0.247. The summed E-state index contributed by atoms with van der Waals surface area (Å²) in [5.74, 6) is 0.551. The molecule has 0 spiro atoms. The molecule has 0 unspecified atom stereocenters. The molecule has 0 aliphatic carbocycles. The Hall–Kier alpha value is -3.90. The minimum Gasteiger partial charge on any atom is -0.485 e. The van der Waals surface area contributed by atoms with E-state index in [0.29, 0.717) is 40.0 Å². The first-order valence-electron chi connectivity index (χ1n) is 12.6. The summed E-state index contributed by atoms with van der Waals surface area (Å²) in [6.45, 7) is 12.8. The molecule has 0 fully saturated rings. The molecule has 38 heavy (non-hydrogen) atoms. The number of hydrogen-bond acceptors (Lipinski definition) is 4. The zero-order valence-corrected chi connectivity index (χ0v) is 23.3. The number of pyridine rings is 1. The first-order valence-corrected chi connectivity index (χ1v) is 13.0. The summed E-state index contributed by atoms with van der Waals surface area (Å²) in [5, 5.41) is 5.40. The van der Waals surface area contributed by atoms with Crippen LogP contribution in [0, 0.1) is 20.8 Å². The summed E-state index contributed by atoms with van der Waals surface area (Å²) in [5.41, 5.74) is 7.11. The van der Waals surface area contributed by atoms with Crippen LogP contribution in [0.5, 0.6) is 5.75 Å². The lowest BCUT2D eigenvalue weighted by Gasteiger charge is -2.19. The van der Waals surface area contributed by atoms with E-state index in [1.807, 2.05) is 55.8 Å². The maximum atomic E-state index is 13.7. The van der Waals surface area contributed by atoms with Crippen LogP contribution in [0.1, 0.15) is 48.8 Å². The van der Waals surface area contributed by atoms with Crippen LogP contribution in [0.3, 0.4) is 0 Å². The third-order valence-electron chi connectivity index (χ3n) is 6.76. The van der Waals surface area contributed by atoms with Gasteiger partial charge >= 0.3 is 0 Å². The summed E-state index contributed by atoms with van der Waals surface area (Å²) in [6, 6.07) is 19.6. The second kappa shape index (κ2) is 9.76. The first-order chi connectivity index (χ1) is 18.0. The van der Waals surface area contributed by atoms with E-state index in [1.54, 1.807) is 12.3 Å². The number of halogens is 1. The molecule has 6 nitrogen and oxygen atoms in total. The average molecular weight is 527 g/mol. The number of benzene rings is 2. The highest BCUT2D eigenvalue weighted by molar-refractivity contribution is 6.30. The monoisotopic (exact) mass is 526 g/mol. The van der Waals surface area contributed by atoms with Gasteiger partial charge in [0.15, 0.2) is 11.4 Å². The largest absolute Gasteiger partial charge is 0.485 e. The van der Waals surface area contributed by atoms with Crippen LogP contribution in [0.25, 0.3) is 22.6 Å². The van der Waals surface area contributed by atoms with Crippen molar-refractivity contribution in [2.45, 2.75) is 53.6 Å². The van der Waals surface area contributed by atoms with Gasteiger partial charge in [0.1, 0.15) is 12.3 Å². The Kier molecular flexibility index (Phi) is 6.61. The Bertz CT molecular complexity index is 1710. The maximum Gasteiger partial charge on any atom is 0.267 e. The van der Waals surface area contributed by atoms with Crippen molar-refractivity contribution in [3.63, 3.8) is 0 Å². The molecule has 0 saturated carbocycles. The van der Waals surface area contributed by atoms with Crippen molar-refractivity contribution in [1.29, 1.82) is 0 Å². The Morgan fingerprint density at radius 1 is 0.974 bits per heavy atom. The molecule has 5 rings (SSSR count). The van der Waals surface area contributed by atoms with Gasteiger partial charge in [0.05, 0.1) is 16.9 Å². The van der Waals surface area contributed by atoms with E-state index in [-0.39, 0.29) is 11.0 Å². The van der Waals surface area contributed by atoms with Crippen molar-refractivity contribution in [3.8, 4) is 22.7 Å². The van der Waals surface area contributed by atoms with Gasteiger partial charge in [-0.1, -0.05) is 62.7 Å². The zero-order valence-electron chi connectivity index (χ0n) is 22.5. The topological polar surface area (TPSA) is 61.4 Å². The fourth-order valence-corrected chi connectivity index (χ4v) is 4.73. The zero-order chi connectivity index (χ0) is 27.2. The second-order valence-electron chi connectivity index (χ2n) is 10.7. The van der Waals surface area contributed by atoms with E-state index in [4.69, 9.17) is 26.4 Å². The molecule has 0 radical (unpaired) electrons. The highest BCUT2D eigenvalue weighted by Crippen LogP contribution is 2.27. The molecule has 5 aromatic rings. The summed E-state index contributed by atoms with van der Waals surface area (Å²) in [6.07, 6.45) is 1.71. The minimum absolute atomic E-state index is 0.0939. The van der Waals surface area contributed by atoms with Gasteiger partial charge in [0.2, 0.25) is 0 Å². The molecule has 3 heterocycles. The molecule has 0 amide bonds. The highest BCUT2D eigenvalue weighted by Gasteiger charge is 2.19. The van der Waals surface area contributed by atoms with E-state index < -0.39 is 0 Å². The summed E-state index contributed by atoms with van der Waals surface area (Å²) in [7, 11) is 0. The molecule has 0 atom stereocenters. The second-order valence-corrected chi connectivity index (χ2v) is 11.1. The summed E-state index contributed by atoms with van der Waals surface area (Å²) < 4.78 is 9.48. The molecule has 7 heteroatoms. The number of ether oxygens (including phenoxy) is 1. The van der Waals surface area contributed by atoms with Gasteiger partial charge in [-0.3, -0.25) is 9.20 Å². The van der Waals surface area contributed by atoms with E-state index in [9.17, 15) is 4.79 Å². The van der Waals surface area contributed by atoms with Crippen molar-refractivity contribution in [3.05, 3.63) is 110 Å². The van der Waals surface area contributed by atoms with Gasteiger partial charge in [-0.05, 0) is 73.2 Å². The van der Waals surface area contributed by atoms with Crippen molar-refractivity contribution in [2.24, 2.45) is 0 Å². The fourth-order valence-electron chi connectivity index (χ4n) is 4.56. The fraction of sp³-hybridized carbons (Fsp3) is 0.258. The van der Waals surface area contributed by atoms with E-state index in [0.717, 1.165) is 22.5 Å². The van der Waals surface area contributed by atoms with E-state index >= 15 is 0 Å². The number of hydrogen-bond donors (Lipinski definition) is 0. The molecule has 0 saturated heterocycles. The van der Waals surface area contributed by atoms with Crippen LogP contribution in [0.15, 0.2) is 71.7 Å². The number of rotatable bonds is 5. The lowest BCUT2D eigenvalue weighted by Crippen LogP contribution is -2.19. The number of aromatic nitrogens is 4. The third-order valence-corrected chi connectivity index (χ3v) is 6.99. The Morgan fingerprint density at radius 3 is 2.42 bits per heavy atom. The Morgan fingerprint density at radius 2 is 1.71 bits per heavy atom. The van der Waals surface area contributed by atoms with Gasteiger partial charge in [0, 0.05) is 16.9 Å². The summed E-state index contributed by atoms with van der Waals surface area (Å²) >= 11 is 6.25. The van der Waals surface area contributed by atoms with Gasteiger partial charge in [-0.2, -0.15) is 5.10 Å². The van der Waals surface area contributed by atoms with Crippen molar-refractivity contribution in [2.75, 3.05) is 0 Å². The van der Waals surface area contributed by atoms with Gasteiger partial charge in [0.25, 0.3) is 5.56 Å². The van der Waals surface area contributed by atoms with Crippen LogP contribution in [-0.2, 0) is 12.0 Å². The van der Waals surface area contributed by atoms with Gasteiger partial charge < -0.3 is 4.74 Å². The lowest BCUT2D eigenvalue weighted by molar-refractivity contribution is 0.307. The van der Waals surface area contributed by atoms with Crippen LogP contribution < -0.4 is 10.3 Å². The third kappa shape index (κ3) is 4.84. The van der Waals surface area contributed by atoms with Crippen LogP contribution >= 0.6 is 11.6 Å². The first kappa shape index (κ1) is 25.7. The Labute approximate surface area is 227 Å². The van der Waals surface area contributed by atoms with Crippen LogP contribution in [0.2, 0.25) is 5.02 Å². The smallest absolute Gasteiger partial charge is 0.267 e. The molecule has 0 aliphatic heterocycles. The molecule has 0 bridgehead atoms. The normalized spacial score (nSPS) is 11.8. The molecule has 3 aromatic heterocycles. The molecule has 0 N–H and O–H groups in total. The number of nitrogens with zero attached hydrogens (tertiary/aromatic N) is 4. The van der Waals surface area contributed by atoms with Crippen LogP contribution in [-0.4, -0.2) is 19.2 Å².